The van der Waals surface area contributed by atoms with Crippen molar-refractivity contribution in [1.29, 1.82) is 0 Å². The van der Waals surface area contributed by atoms with E-state index in [9.17, 15) is 9.59 Å². The second-order valence-corrected chi connectivity index (χ2v) is 5.31. The highest BCUT2D eigenvalue weighted by Crippen LogP contribution is 2.36. The van der Waals surface area contributed by atoms with Crippen LogP contribution in [0.25, 0.3) is 0 Å². The van der Waals surface area contributed by atoms with E-state index in [1.54, 1.807) is 36.4 Å². The highest BCUT2D eigenvalue weighted by Gasteiger charge is 2.14. The number of hydrogen-bond donors (Lipinski definition) is 2. The van der Waals surface area contributed by atoms with Gasteiger partial charge in [0, 0.05) is 30.3 Å². The Kier molecular flexibility index (Phi) is 5.65. The third-order valence-electron chi connectivity index (χ3n) is 3.17. The fourth-order valence-electron chi connectivity index (χ4n) is 2.09. The molecule has 2 amide bonds. The first-order chi connectivity index (χ1) is 11.4. The first-order valence-electron chi connectivity index (χ1n) is 7.05. The molecule has 0 aliphatic rings. The number of methoxy groups -OCH3 is 2. The fourth-order valence-corrected chi connectivity index (χ4v) is 2.32. The molecule has 0 aromatic heterocycles. The Labute approximate surface area is 144 Å². The third-order valence-corrected chi connectivity index (χ3v) is 3.46. The first kappa shape index (κ1) is 17.6. The van der Waals surface area contributed by atoms with Gasteiger partial charge in [0.25, 0.3) is 5.91 Å². The van der Waals surface area contributed by atoms with E-state index < -0.39 is 0 Å². The van der Waals surface area contributed by atoms with Crippen LogP contribution in [0.3, 0.4) is 0 Å². The van der Waals surface area contributed by atoms with Crippen molar-refractivity contribution in [2.45, 2.75) is 6.92 Å². The number of rotatable bonds is 5. The van der Waals surface area contributed by atoms with E-state index in [1.165, 1.54) is 21.1 Å². The van der Waals surface area contributed by atoms with Crippen LogP contribution in [0.15, 0.2) is 36.4 Å². The van der Waals surface area contributed by atoms with Gasteiger partial charge in [-0.25, -0.2) is 0 Å². The summed E-state index contributed by atoms with van der Waals surface area (Å²) >= 11 is 6.05. The monoisotopic (exact) mass is 348 g/mol. The van der Waals surface area contributed by atoms with Gasteiger partial charge in [0.05, 0.1) is 24.9 Å². The van der Waals surface area contributed by atoms with Crippen molar-refractivity contribution in [2.75, 3.05) is 24.9 Å². The van der Waals surface area contributed by atoms with E-state index in [0.717, 1.165) is 0 Å². The zero-order valence-corrected chi connectivity index (χ0v) is 14.2. The summed E-state index contributed by atoms with van der Waals surface area (Å²) in [5.41, 5.74) is 1.35. The van der Waals surface area contributed by atoms with Crippen molar-refractivity contribution in [3.8, 4) is 11.5 Å². The van der Waals surface area contributed by atoms with Crippen molar-refractivity contribution >= 4 is 34.8 Å². The summed E-state index contributed by atoms with van der Waals surface area (Å²) in [4.78, 5) is 23.6. The van der Waals surface area contributed by atoms with Crippen molar-refractivity contribution in [1.82, 2.24) is 0 Å². The van der Waals surface area contributed by atoms with Crippen LogP contribution in [0, 0.1) is 0 Å². The number of anilines is 2. The van der Waals surface area contributed by atoms with Crippen molar-refractivity contribution < 1.29 is 19.1 Å². The van der Waals surface area contributed by atoms with Gasteiger partial charge < -0.3 is 20.1 Å². The molecule has 0 saturated heterocycles. The molecule has 0 unspecified atom stereocenters. The zero-order chi connectivity index (χ0) is 17.7. The summed E-state index contributed by atoms with van der Waals surface area (Å²) < 4.78 is 10.4. The van der Waals surface area contributed by atoms with Gasteiger partial charge in [-0.2, -0.15) is 0 Å². The van der Waals surface area contributed by atoms with Crippen LogP contribution >= 0.6 is 11.6 Å². The number of benzene rings is 2. The molecule has 2 N–H and O–H groups in total. The summed E-state index contributed by atoms with van der Waals surface area (Å²) in [6.07, 6.45) is 0. The van der Waals surface area contributed by atoms with Crippen molar-refractivity contribution in [2.24, 2.45) is 0 Å². The summed E-state index contributed by atoms with van der Waals surface area (Å²) in [5.74, 6) is 0.258. The molecule has 0 heterocycles. The van der Waals surface area contributed by atoms with E-state index >= 15 is 0 Å². The minimum Gasteiger partial charge on any atom is -0.495 e. The summed E-state index contributed by atoms with van der Waals surface area (Å²) in [6.45, 7) is 1.40. The number of halogens is 1. The van der Waals surface area contributed by atoms with Gasteiger partial charge in [0.2, 0.25) is 5.91 Å². The maximum Gasteiger partial charge on any atom is 0.255 e. The average molecular weight is 349 g/mol. The van der Waals surface area contributed by atoms with Crippen LogP contribution in [0.1, 0.15) is 17.3 Å². The van der Waals surface area contributed by atoms with Crippen LogP contribution in [-0.4, -0.2) is 26.0 Å². The van der Waals surface area contributed by atoms with Gasteiger partial charge in [-0.1, -0.05) is 17.7 Å². The molecule has 0 saturated carbocycles. The van der Waals surface area contributed by atoms with Gasteiger partial charge in [0.15, 0.2) is 0 Å². The van der Waals surface area contributed by atoms with Crippen LogP contribution in [-0.2, 0) is 4.79 Å². The summed E-state index contributed by atoms with van der Waals surface area (Å²) in [6, 6.07) is 9.74. The third kappa shape index (κ3) is 4.17. The number of amides is 2. The second-order valence-electron chi connectivity index (χ2n) is 4.90. The minimum atomic E-state index is -0.357. The maximum absolute atomic E-state index is 12.5. The first-order valence-corrected chi connectivity index (χ1v) is 7.43. The molecule has 2 aromatic rings. The van der Waals surface area contributed by atoms with Gasteiger partial charge in [-0.05, 0) is 18.2 Å². The Balaban J connectivity index is 2.28. The lowest BCUT2D eigenvalue weighted by Crippen LogP contribution is -2.14. The molecule has 0 radical (unpaired) electrons. The van der Waals surface area contributed by atoms with Gasteiger partial charge in [0.1, 0.15) is 11.5 Å². The van der Waals surface area contributed by atoms with Crippen molar-refractivity contribution in [3.05, 3.63) is 47.0 Å². The minimum absolute atomic E-state index is 0.211. The molecular formula is C17H17ClN2O4. The maximum atomic E-state index is 12.5. The molecule has 0 spiro atoms. The van der Waals surface area contributed by atoms with Crippen LogP contribution in [0.5, 0.6) is 11.5 Å². The van der Waals surface area contributed by atoms with E-state index in [2.05, 4.69) is 10.6 Å². The Morgan fingerprint density at radius 3 is 2.33 bits per heavy atom. The predicted molar refractivity (Wildman–Crippen MR) is 93.3 cm³/mol. The lowest BCUT2D eigenvalue weighted by atomic mass is 10.1. The number of carbonyl (C=O) groups is 2. The molecule has 0 aliphatic heterocycles. The molecule has 2 aromatic carbocycles. The number of hydrogen-bond acceptors (Lipinski definition) is 4. The lowest BCUT2D eigenvalue weighted by molar-refractivity contribution is -0.114. The van der Waals surface area contributed by atoms with Crippen LogP contribution < -0.4 is 20.1 Å². The molecule has 0 aliphatic carbocycles. The summed E-state index contributed by atoms with van der Waals surface area (Å²) in [7, 11) is 2.96. The van der Waals surface area contributed by atoms with Crippen LogP contribution in [0.2, 0.25) is 5.02 Å². The normalized spacial score (nSPS) is 10.0. The van der Waals surface area contributed by atoms with Gasteiger partial charge in [-0.3, -0.25) is 9.59 Å². The lowest BCUT2D eigenvalue weighted by Gasteiger charge is -2.13. The SMILES string of the molecule is COc1cc(NC(=O)c2cccc(NC(C)=O)c2)c(OC)cc1Cl. The molecule has 126 valence electrons. The number of carbonyl (C=O) groups excluding carboxylic acids is 2. The highest BCUT2D eigenvalue weighted by molar-refractivity contribution is 6.32. The Hall–Kier alpha value is -2.73. The smallest absolute Gasteiger partial charge is 0.255 e. The molecule has 7 heteroatoms. The Morgan fingerprint density at radius 1 is 1.00 bits per heavy atom. The molecule has 6 nitrogen and oxygen atoms in total. The second kappa shape index (κ2) is 7.70. The quantitative estimate of drug-likeness (QED) is 0.866. The predicted octanol–water partition coefficient (Wildman–Crippen LogP) is 3.57. The molecule has 0 fully saturated rings. The molecular weight excluding hydrogens is 332 g/mol. The van der Waals surface area contributed by atoms with Gasteiger partial charge in [-0.15, -0.1) is 0 Å². The topological polar surface area (TPSA) is 76.7 Å². The number of ether oxygens (including phenoxy) is 2. The number of nitrogens with one attached hydrogen (secondary N) is 2. The Bertz CT molecular complexity index is 777. The van der Waals surface area contributed by atoms with Gasteiger partial charge >= 0.3 is 0 Å². The van der Waals surface area contributed by atoms with Crippen LogP contribution in [0.4, 0.5) is 11.4 Å². The Morgan fingerprint density at radius 2 is 1.71 bits per heavy atom. The average Bonchev–Trinajstić information content (AvgIpc) is 2.55. The van der Waals surface area contributed by atoms with E-state index in [0.29, 0.717) is 33.5 Å². The van der Waals surface area contributed by atoms with E-state index in [-0.39, 0.29) is 11.8 Å². The standard InChI is InChI=1S/C17H17ClN2O4/c1-10(21)19-12-6-4-5-11(7-12)17(22)20-14-9-15(23-2)13(18)8-16(14)24-3/h4-9H,1-3H3,(H,19,21)(H,20,22). The molecule has 0 bridgehead atoms. The van der Waals surface area contributed by atoms with E-state index in [1.807, 2.05) is 0 Å². The summed E-state index contributed by atoms with van der Waals surface area (Å²) in [5, 5.41) is 5.75. The largest absolute Gasteiger partial charge is 0.495 e. The molecule has 2 rings (SSSR count). The zero-order valence-electron chi connectivity index (χ0n) is 13.5. The van der Waals surface area contributed by atoms with E-state index in [4.69, 9.17) is 21.1 Å². The fraction of sp³-hybridized carbons (Fsp3) is 0.176. The highest BCUT2D eigenvalue weighted by atomic mass is 35.5. The molecule has 0 atom stereocenters. The molecule has 24 heavy (non-hydrogen) atoms. The van der Waals surface area contributed by atoms with Crippen molar-refractivity contribution in [3.63, 3.8) is 0 Å².